The Kier molecular flexibility index (Phi) is 4.32. The first-order chi connectivity index (χ1) is 12.1. The zero-order valence-corrected chi connectivity index (χ0v) is 15.0. The first kappa shape index (κ1) is 16.3. The van der Waals surface area contributed by atoms with Gasteiger partial charge in [-0.05, 0) is 23.6 Å². The second-order valence-electron chi connectivity index (χ2n) is 5.78. The summed E-state index contributed by atoms with van der Waals surface area (Å²) in [6, 6.07) is 11.1. The molecular weight excluding hydrogens is 358 g/mol. The lowest BCUT2D eigenvalue weighted by Gasteiger charge is -2.26. The molecule has 1 N–H and O–H groups in total. The maximum atomic E-state index is 12.7. The first-order valence-corrected chi connectivity index (χ1v) is 10.3. The lowest BCUT2D eigenvalue weighted by molar-refractivity contribution is 0.297. The Balaban J connectivity index is 1.54. The monoisotopic (exact) mass is 375 g/mol. The smallest absolute Gasteiger partial charge is 0.244 e. The van der Waals surface area contributed by atoms with Crippen LogP contribution >= 0.6 is 11.3 Å². The molecule has 0 saturated carbocycles. The van der Waals surface area contributed by atoms with E-state index in [2.05, 4.69) is 10.2 Å². The summed E-state index contributed by atoms with van der Waals surface area (Å²) in [6.45, 7) is 1.08. The Morgan fingerprint density at radius 3 is 2.84 bits per heavy atom. The summed E-state index contributed by atoms with van der Waals surface area (Å²) in [7, 11) is -3.46. The third-order valence-electron chi connectivity index (χ3n) is 4.24. The van der Waals surface area contributed by atoms with Gasteiger partial charge in [0.1, 0.15) is 18.1 Å². The average molecular weight is 375 g/mol. The molecule has 0 atom stereocenters. The van der Waals surface area contributed by atoms with E-state index in [0.29, 0.717) is 31.0 Å². The predicted octanol–water partition coefficient (Wildman–Crippen LogP) is 2.80. The van der Waals surface area contributed by atoms with Crippen LogP contribution in [0.1, 0.15) is 17.0 Å². The maximum Gasteiger partial charge on any atom is 0.244 e. The van der Waals surface area contributed by atoms with Crippen molar-refractivity contribution in [3.63, 3.8) is 0 Å². The molecule has 3 heterocycles. The van der Waals surface area contributed by atoms with E-state index in [1.165, 1.54) is 15.6 Å². The predicted molar refractivity (Wildman–Crippen MR) is 95.0 cm³/mol. The molecule has 0 saturated heterocycles. The molecule has 0 bridgehead atoms. The van der Waals surface area contributed by atoms with Crippen molar-refractivity contribution in [2.45, 2.75) is 24.5 Å². The first-order valence-electron chi connectivity index (χ1n) is 7.90. The summed E-state index contributed by atoms with van der Waals surface area (Å²) >= 11 is 1.38. The second kappa shape index (κ2) is 6.62. The van der Waals surface area contributed by atoms with Gasteiger partial charge in [0.15, 0.2) is 0 Å². The number of hydrogen-bond donors (Lipinski definition) is 1. The average Bonchev–Trinajstić information content (AvgIpc) is 3.31. The van der Waals surface area contributed by atoms with E-state index in [4.69, 9.17) is 4.74 Å². The molecule has 0 fully saturated rings. The normalized spacial score (nSPS) is 15.0. The summed E-state index contributed by atoms with van der Waals surface area (Å²) in [5.41, 5.74) is 2.66. The summed E-state index contributed by atoms with van der Waals surface area (Å²) in [4.78, 5) is 0.353. The highest BCUT2D eigenvalue weighted by atomic mass is 32.2. The van der Waals surface area contributed by atoms with E-state index in [-0.39, 0.29) is 0 Å². The minimum Gasteiger partial charge on any atom is -0.487 e. The highest BCUT2D eigenvalue weighted by Gasteiger charge is 2.31. The van der Waals surface area contributed by atoms with Crippen LogP contribution in [0.5, 0.6) is 5.75 Å². The molecule has 0 spiro atoms. The van der Waals surface area contributed by atoms with Crippen LogP contribution in [0.25, 0.3) is 0 Å². The zero-order valence-electron chi connectivity index (χ0n) is 13.4. The van der Waals surface area contributed by atoms with Crippen LogP contribution in [0.3, 0.4) is 0 Å². The number of para-hydroxylation sites is 1. The van der Waals surface area contributed by atoms with Crippen molar-refractivity contribution in [3.8, 4) is 5.75 Å². The topological polar surface area (TPSA) is 75.3 Å². The minimum absolute atomic E-state index is 0.308. The fraction of sp³-hybridized carbons (Fsp3) is 0.235. The van der Waals surface area contributed by atoms with Gasteiger partial charge in [-0.15, -0.1) is 0 Å². The van der Waals surface area contributed by atoms with Crippen LogP contribution in [0.4, 0.5) is 0 Å². The summed E-state index contributed by atoms with van der Waals surface area (Å²) in [5, 5.41) is 10.8. The Morgan fingerprint density at radius 2 is 2.08 bits per heavy atom. The number of ether oxygens (including phenoxy) is 1. The minimum atomic E-state index is -3.46. The number of fused-ring (bicyclic) bond motifs is 1. The molecular formula is C17H17N3O3S2. The van der Waals surface area contributed by atoms with Crippen LogP contribution in [0, 0.1) is 0 Å². The molecule has 1 aromatic carbocycles. The van der Waals surface area contributed by atoms with Crippen molar-refractivity contribution < 1.29 is 13.2 Å². The van der Waals surface area contributed by atoms with Crippen molar-refractivity contribution in [2.24, 2.45) is 0 Å². The molecule has 6 nitrogen and oxygen atoms in total. The fourth-order valence-electron chi connectivity index (χ4n) is 2.87. The molecule has 8 heteroatoms. The van der Waals surface area contributed by atoms with Crippen LogP contribution in [-0.4, -0.2) is 29.5 Å². The Labute approximate surface area is 150 Å². The standard InChI is InChI=1S/C17H17N3O3S2/c21-25(22,14-7-9-24-12-14)20-8-6-16-15(10-20)17(19-18-16)11-23-13-4-2-1-3-5-13/h1-5,7,9,12H,6,8,10-11H2,(H,18,19). The van der Waals surface area contributed by atoms with Gasteiger partial charge < -0.3 is 4.74 Å². The quantitative estimate of drug-likeness (QED) is 0.744. The van der Waals surface area contributed by atoms with E-state index < -0.39 is 10.0 Å². The van der Waals surface area contributed by atoms with E-state index in [9.17, 15) is 8.42 Å². The van der Waals surface area contributed by atoms with Crippen molar-refractivity contribution in [1.29, 1.82) is 0 Å². The van der Waals surface area contributed by atoms with Crippen LogP contribution in [-0.2, 0) is 29.6 Å². The van der Waals surface area contributed by atoms with Crippen molar-refractivity contribution >= 4 is 21.4 Å². The molecule has 130 valence electrons. The number of aromatic amines is 1. The number of H-pyrrole nitrogens is 1. The van der Waals surface area contributed by atoms with Crippen molar-refractivity contribution in [3.05, 3.63) is 64.1 Å². The van der Waals surface area contributed by atoms with E-state index >= 15 is 0 Å². The van der Waals surface area contributed by atoms with E-state index in [1.54, 1.807) is 16.8 Å². The number of nitrogens with one attached hydrogen (secondary N) is 1. The van der Waals surface area contributed by atoms with Gasteiger partial charge in [0.2, 0.25) is 10.0 Å². The Bertz CT molecular complexity index is 950. The number of thiophene rings is 1. The maximum absolute atomic E-state index is 12.7. The molecule has 3 aromatic rings. The molecule has 25 heavy (non-hydrogen) atoms. The molecule has 0 amide bonds. The lowest BCUT2D eigenvalue weighted by atomic mass is 10.1. The summed E-state index contributed by atoms with van der Waals surface area (Å²) in [6.07, 6.45) is 0.622. The number of benzene rings is 1. The molecule has 0 unspecified atom stereocenters. The third kappa shape index (κ3) is 3.20. The van der Waals surface area contributed by atoms with Crippen LogP contribution in [0.2, 0.25) is 0 Å². The van der Waals surface area contributed by atoms with E-state index in [0.717, 1.165) is 22.7 Å². The van der Waals surface area contributed by atoms with Crippen LogP contribution in [0.15, 0.2) is 52.1 Å². The van der Waals surface area contributed by atoms with Gasteiger partial charge in [-0.3, -0.25) is 5.10 Å². The Hall–Kier alpha value is -2.16. The fourth-order valence-corrected chi connectivity index (χ4v) is 5.29. The molecule has 0 radical (unpaired) electrons. The van der Waals surface area contributed by atoms with Gasteiger partial charge in [-0.1, -0.05) is 18.2 Å². The molecule has 1 aliphatic rings. The highest BCUT2D eigenvalue weighted by molar-refractivity contribution is 7.89. The van der Waals surface area contributed by atoms with Gasteiger partial charge in [0, 0.05) is 36.1 Å². The summed E-state index contributed by atoms with van der Waals surface area (Å²) < 4.78 is 32.8. The number of hydrogen-bond acceptors (Lipinski definition) is 5. The molecule has 4 rings (SSSR count). The number of nitrogens with zero attached hydrogens (tertiary/aromatic N) is 2. The Morgan fingerprint density at radius 1 is 1.24 bits per heavy atom. The van der Waals surface area contributed by atoms with Gasteiger partial charge in [-0.25, -0.2) is 8.42 Å². The van der Waals surface area contributed by atoms with E-state index in [1.807, 2.05) is 30.3 Å². The zero-order chi connectivity index (χ0) is 17.3. The van der Waals surface area contributed by atoms with Crippen LogP contribution < -0.4 is 4.74 Å². The van der Waals surface area contributed by atoms with Crippen molar-refractivity contribution in [1.82, 2.24) is 14.5 Å². The molecule has 2 aromatic heterocycles. The number of rotatable bonds is 5. The summed E-state index contributed by atoms with van der Waals surface area (Å²) in [5.74, 6) is 0.762. The third-order valence-corrected chi connectivity index (χ3v) is 6.91. The van der Waals surface area contributed by atoms with Gasteiger partial charge in [0.25, 0.3) is 0 Å². The molecule has 0 aliphatic carbocycles. The lowest BCUT2D eigenvalue weighted by Crippen LogP contribution is -2.36. The van der Waals surface area contributed by atoms with Gasteiger partial charge in [0.05, 0.1) is 4.90 Å². The van der Waals surface area contributed by atoms with Gasteiger partial charge >= 0.3 is 0 Å². The highest BCUT2D eigenvalue weighted by Crippen LogP contribution is 2.27. The largest absolute Gasteiger partial charge is 0.487 e. The SMILES string of the molecule is O=S(=O)(c1ccsc1)N1CCc2[nH]nc(COc3ccccc3)c2C1. The number of aromatic nitrogens is 2. The van der Waals surface area contributed by atoms with Crippen molar-refractivity contribution in [2.75, 3.05) is 6.54 Å². The van der Waals surface area contributed by atoms with Gasteiger partial charge in [-0.2, -0.15) is 20.7 Å². The second-order valence-corrected chi connectivity index (χ2v) is 8.49. The number of sulfonamides is 1. The molecule has 1 aliphatic heterocycles.